The van der Waals surface area contributed by atoms with Crippen molar-refractivity contribution < 1.29 is 13.9 Å². The van der Waals surface area contributed by atoms with E-state index in [0.29, 0.717) is 40.7 Å². The molecule has 0 aliphatic carbocycles. The van der Waals surface area contributed by atoms with Crippen molar-refractivity contribution in [1.82, 2.24) is 19.7 Å². The van der Waals surface area contributed by atoms with Gasteiger partial charge >= 0.3 is 0 Å². The Morgan fingerprint density at radius 2 is 2.00 bits per heavy atom. The van der Waals surface area contributed by atoms with Crippen molar-refractivity contribution in [2.75, 3.05) is 20.2 Å². The van der Waals surface area contributed by atoms with Gasteiger partial charge in [0.1, 0.15) is 5.82 Å². The van der Waals surface area contributed by atoms with Crippen molar-refractivity contribution in [2.45, 2.75) is 12.5 Å². The van der Waals surface area contributed by atoms with Crippen LogP contribution < -0.4 is 5.56 Å². The lowest BCUT2D eigenvalue weighted by atomic mass is 10.1. The molecule has 1 aliphatic heterocycles. The summed E-state index contributed by atoms with van der Waals surface area (Å²) in [6, 6.07) is 13.1. The number of halogens is 1. The Morgan fingerprint density at radius 1 is 1.19 bits per heavy atom. The normalized spacial score (nSPS) is 16.1. The van der Waals surface area contributed by atoms with E-state index >= 15 is 0 Å². The van der Waals surface area contributed by atoms with E-state index in [0.717, 1.165) is 12.1 Å². The number of nitrogens with one attached hydrogen (secondary N) is 1. The highest BCUT2D eigenvalue weighted by Gasteiger charge is 2.26. The third-order valence-electron chi connectivity index (χ3n) is 5.84. The van der Waals surface area contributed by atoms with Crippen molar-refractivity contribution in [3.63, 3.8) is 0 Å². The van der Waals surface area contributed by atoms with E-state index in [1.54, 1.807) is 53.4 Å². The highest BCUT2D eigenvalue weighted by atomic mass is 19.1. The van der Waals surface area contributed by atoms with Crippen molar-refractivity contribution in [1.29, 1.82) is 0 Å². The lowest BCUT2D eigenvalue weighted by Gasteiger charge is -2.16. The highest BCUT2D eigenvalue weighted by molar-refractivity contribution is 5.94. The summed E-state index contributed by atoms with van der Waals surface area (Å²) in [4.78, 5) is 29.8. The second kappa shape index (κ2) is 8.05. The Kier molecular flexibility index (Phi) is 5.07. The number of fused-ring (bicyclic) bond motifs is 1. The fourth-order valence-corrected chi connectivity index (χ4v) is 4.04. The SMILES string of the molecule is CO[C@H]1CCN(C(=O)c2ccc(-n3cc(-c4cc5cc(F)ccc5[nH]c4=O)cn3)cc2)C1. The summed E-state index contributed by atoms with van der Waals surface area (Å²) >= 11 is 0. The smallest absolute Gasteiger partial charge is 0.256 e. The van der Waals surface area contributed by atoms with Crippen LogP contribution >= 0.6 is 0 Å². The van der Waals surface area contributed by atoms with Crippen LogP contribution in [0.4, 0.5) is 4.39 Å². The molecule has 0 saturated carbocycles. The first kappa shape index (κ1) is 20.1. The van der Waals surface area contributed by atoms with Crippen LogP contribution in [0.1, 0.15) is 16.8 Å². The average molecular weight is 432 g/mol. The van der Waals surface area contributed by atoms with Gasteiger partial charge in [-0.25, -0.2) is 9.07 Å². The maximum Gasteiger partial charge on any atom is 0.256 e. The monoisotopic (exact) mass is 432 g/mol. The summed E-state index contributed by atoms with van der Waals surface area (Å²) in [5.74, 6) is -0.389. The molecule has 7 nitrogen and oxygen atoms in total. The molecule has 1 aliphatic rings. The van der Waals surface area contributed by atoms with E-state index in [2.05, 4.69) is 10.1 Å². The summed E-state index contributed by atoms with van der Waals surface area (Å²) in [7, 11) is 1.66. The number of pyridine rings is 1. The van der Waals surface area contributed by atoms with E-state index < -0.39 is 0 Å². The van der Waals surface area contributed by atoms with Gasteiger partial charge in [-0.1, -0.05) is 0 Å². The standard InChI is InChI=1S/C24H21FN4O3/c1-32-20-8-9-28(14-20)24(31)15-2-5-19(6-3-15)29-13-17(12-26-29)21-11-16-10-18(25)4-7-22(16)27-23(21)30/h2-7,10-13,20H,8-9,14H2,1H3,(H,27,30)/t20-/m0/s1. The quantitative estimate of drug-likeness (QED) is 0.536. The highest BCUT2D eigenvalue weighted by Crippen LogP contribution is 2.22. The zero-order chi connectivity index (χ0) is 22.2. The van der Waals surface area contributed by atoms with Gasteiger partial charge in [-0.05, 0) is 55.0 Å². The van der Waals surface area contributed by atoms with Crippen LogP contribution in [0.2, 0.25) is 0 Å². The van der Waals surface area contributed by atoms with Gasteiger partial charge < -0.3 is 14.6 Å². The molecule has 3 heterocycles. The maximum atomic E-state index is 13.6. The van der Waals surface area contributed by atoms with Gasteiger partial charge in [0.05, 0.1) is 23.6 Å². The Bertz CT molecular complexity index is 1360. The first-order valence-corrected chi connectivity index (χ1v) is 10.3. The van der Waals surface area contributed by atoms with Crippen LogP contribution in [0.5, 0.6) is 0 Å². The second-order valence-electron chi connectivity index (χ2n) is 7.86. The van der Waals surface area contributed by atoms with Crippen molar-refractivity contribution in [3.8, 4) is 16.8 Å². The van der Waals surface area contributed by atoms with Gasteiger partial charge in [0.25, 0.3) is 11.5 Å². The van der Waals surface area contributed by atoms with E-state index in [9.17, 15) is 14.0 Å². The number of aromatic nitrogens is 3. The predicted octanol–water partition coefficient (Wildman–Crippen LogP) is 3.38. The number of nitrogens with zero attached hydrogens (tertiary/aromatic N) is 3. The molecule has 8 heteroatoms. The number of hydrogen-bond acceptors (Lipinski definition) is 4. The summed E-state index contributed by atoms with van der Waals surface area (Å²) in [5.41, 5.74) is 2.67. The van der Waals surface area contributed by atoms with Crippen LogP contribution in [-0.2, 0) is 4.74 Å². The molecule has 4 aromatic rings. The first-order chi connectivity index (χ1) is 15.5. The molecule has 1 atom stereocenters. The molecule has 2 aromatic heterocycles. The number of hydrogen-bond donors (Lipinski definition) is 1. The van der Waals surface area contributed by atoms with Gasteiger partial charge in [0.2, 0.25) is 0 Å². The maximum absolute atomic E-state index is 13.6. The number of benzene rings is 2. The third kappa shape index (κ3) is 3.69. The summed E-state index contributed by atoms with van der Waals surface area (Å²) in [6.07, 6.45) is 4.26. The first-order valence-electron chi connectivity index (χ1n) is 10.3. The van der Waals surface area contributed by atoms with Gasteiger partial charge in [0.15, 0.2) is 0 Å². The van der Waals surface area contributed by atoms with E-state index in [1.807, 2.05) is 12.1 Å². The van der Waals surface area contributed by atoms with Gasteiger partial charge in [-0.3, -0.25) is 9.59 Å². The Balaban J connectivity index is 1.39. The Morgan fingerprint density at radius 3 is 2.75 bits per heavy atom. The lowest BCUT2D eigenvalue weighted by molar-refractivity contribution is 0.0724. The summed E-state index contributed by atoms with van der Waals surface area (Å²) in [5, 5.41) is 4.96. The Labute approximate surface area is 183 Å². The van der Waals surface area contributed by atoms with Crippen molar-refractivity contribution in [3.05, 3.63) is 82.7 Å². The summed E-state index contributed by atoms with van der Waals surface area (Å²) in [6.45, 7) is 1.29. The van der Waals surface area contributed by atoms with Crippen LogP contribution in [0, 0.1) is 5.82 Å². The molecule has 0 radical (unpaired) electrons. The molecule has 2 aromatic carbocycles. The fourth-order valence-electron chi connectivity index (χ4n) is 4.04. The van der Waals surface area contributed by atoms with Crippen molar-refractivity contribution in [2.24, 2.45) is 0 Å². The number of carbonyl (C=O) groups is 1. The lowest BCUT2D eigenvalue weighted by Crippen LogP contribution is -2.29. The molecule has 32 heavy (non-hydrogen) atoms. The molecule has 0 bridgehead atoms. The number of aromatic amines is 1. The number of H-pyrrole nitrogens is 1. The number of amides is 1. The van der Waals surface area contributed by atoms with Crippen LogP contribution in [0.25, 0.3) is 27.7 Å². The molecular weight excluding hydrogens is 411 g/mol. The third-order valence-corrected chi connectivity index (χ3v) is 5.84. The van der Waals surface area contributed by atoms with Crippen LogP contribution in [0.15, 0.2) is 65.7 Å². The largest absolute Gasteiger partial charge is 0.380 e. The zero-order valence-electron chi connectivity index (χ0n) is 17.4. The second-order valence-corrected chi connectivity index (χ2v) is 7.86. The molecule has 5 rings (SSSR count). The van der Waals surface area contributed by atoms with Gasteiger partial charge in [-0.2, -0.15) is 5.10 Å². The number of likely N-dealkylation sites (tertiary alicyclic amines) is 1. The molecule has 1 saturated heterocycles. The molecule has 1 fully saturated rings. The number of rotatable bonds is 4. The Hall–Kier alpha value is -3.78. The van der Waals surface area contributed by atoms with Crippen LogP contribution in [-0.4, -0.2) is 51.9 Å². The van der Waals surface area contributed by atoms with Crippen LogP contribution in [0.3, 0.4) is 0 Å². The molecule has 162 valence electrons. The average Bonchev–Trinajstić information content (AvgIpc) is 3.48. The van der Waals surface area contributed by atoms with E-state index in [1.165, 1.54) is 12.1 Å². The zero-order valence-corrected chi connectivity index (χ0v) is 17.4. The molecule has 0 unspecified atom stereocenters. The van der Waals surface area contributed by atoms with Gasteiger partial charge in [-0.15, -0.1) is 0 Å². The number of carbonyl (C=O) groups excluding carboxylic acids is 1. The topological polar surface area (TPSA) is 80.2 Å². The number of ether oxygens (including phenoxy) is 1. The molecule has 0 spiro atoms. The van der Waals surface area contributed by atoms with E-state index in [4.69, 9.17) is 4.74 Å². The minimum Gasteiger partial charge on any atom is -0.380 e. The fraction of sp³-hybridized carbons (Fsp3) is 0.208. The minimum atomic E-state index is -0.368. The van der Waals surface area contributed by atoms with E-state index in [-0.39, 0.29) is 23.4 Å². The predicted molar refractivity (Wildman–Crippen MR) is 118 cm³/mol. The molecule has 1 amide bonds. The molecular formula is C24H21FN4O3. The summed E-state index contributed by atoms with van der Waals surface area (Å²) < 4.78 is 20.5. The van der Waals surface area contributed by atoms with Crippen molar-refractivity contribution >= 4 is 16.8 Å². The molecule has 1 N–H and O–H groups in total. The number of methoxy groups -OCH3 is 1. The minimum absolute atomic E-state index is 0.0211. The van der Waals surface area contributed by atoms with Gasteiger partial charge in [0, 0.05) is 48.4 Å².